The number of sulfone groups is 1. The highest BCUT2D eigenvalue weighted by atomic mass is 32.2. The minimum Gasteiger partial charge on any atom is -0.379 e. The largest absolute Gasteiger partial charge is 0.379 e. The van der Waals surface area contributed by atoms with Crippen LogP contribution in [0.25, 0.3) is 0 Å². The van der Waals surface area contributed by atoms with Gasteiger partial charge in [-0.15, -0.1) is 0 Å². The molecule has 2 heterocycles. The smallest absolute Gasteiger partial charge is 0.363 e. The van der Waals surface area contributed by atoms with Crippen LogP contribution in [0.1, 0.15) is 12.8 Å². The molecule has 0 saturated carbocycles. The normalized spacial score (nSPS) is 19.3. The van der Waals surface area contributed by atoms with Crippen molar-refractivity contribution < 1.29 is 13.3 Å². The number of nitro groups is 1. The summed E-state index contributed by atoms with van der Waals surface area (Å²) in [5.74, 6) is 0.169. The SMILES string of the molecule is O=[N+]([O-])c1ccc(NC2CCS(=O)(=O)CC2)cn1. The quantitative estimate of drug-likeness (QED) is 0.649. The van der Waals surface area contributed by atoms with Gasteiger partial charge in [-0.2, -0.15) is 0 Å². The maximum absolute atomic E-state index is 11.3. The average Bonchev–Trinajstić information content (AvgIpc) is 2.33. The van der Waals surface area contributed by atoms with E-state index in [-0.39, 0.29) is 23.4 Å². The molecule has 0 aliphatic carbocycles. The first-order valence-electron chi connectivity index (χ1n) is 5.54. The third-order valence-electron chi connectivity index (χ3n) is 2.86. The summed E-state index contributed by atoms with van der Waals surface area (Å²) in [5, 5.41) is 13.6. The van der Waals surface area contributed by atoms with Crippen molar-refractivity contribution >= 4 is 21.3 Å². The highest BCUT2D eigenvalue weighted by Gasteiger charge is 2.23. The van der Waals surface area contributed by atoms with Crippen LogP contribution in [0.5, 0.6) is 0 Å². The first kappa shape index (κ1) is 12.7. The van der Waals surface area contributed by atoms with E-state index in [2.05, 4.69) is 10.3 Å². The number of hydrogen-bond donors (Lipinski definition) is 1. The number of nitrogens with one attached hydrogen (secondary N) is 1. The summed E-state index contributed by atoms with van der Waals surface area (Å²) >= 11 is 0. The molecule has 0 unspecified atom stereocenters. The van der Waals surface area contributed by atoms with Crippen LogP contribution in [-0.2, 0) is 9.84 Å². The summed E-state index contributed by atoms with van der Waals surface area (Å²) in [5.41, 5.74) is 0.671. The number of nitrogens with zero attached hydrogens (tertiary/aromatic N) is 2. The Morgan fingerprint density at radius 2 is 2.00 bits per heavy atom. The van der Waals surface area contributed by atoms with Gasteiger partial charge in [-0.1, -0.05) is 0 Å². The van der Waals surface area contributed by atoms with Crippen molar-refractivity contribution in [3.63, 3.8) is 0 Å². The zero-order chi connectivity index (χ0) is 13.2. The van der Waals surface area contributed by atoms with E-state index in [0.29, 0.717) is 18.5 Å². The molecule has 1 N–H and O–H groups in total. The summed E-state index contributed by atoms with van der Waals surface area (Å²) in [6.45, 7) is 0. The molecule has 0 radical (unpaired) electrons. The minimum absolute atomic E-state index is 0.0804. The Hall–Kier alpha value is -1.70. The van der Waals surface area contributed by atoms with E-state index in [9.17, 15) is 18.5 Å². The van der Waals surface area contributed by atoms with Gasteiger partial charge in [-0.3, -0.25) is 0 Å². The van der Waals surface area contributed by atoms with E-state index in [1.54, 1.807) is 6.07 Å². The molecular formula is C10H13N3O4S. The van der Waals surface area contributed by atoms with Gasteiger partial charge in [0, 0.05) is 12.1 Å². The zero-order valence-corrected chi connectivity index (χ0v) is 10.4. The Kier molecular flexibility index (Phi) is 3.46. The van der Waals surface area contributed by atoms with Crippen LogP contribution in [0.2, 0.25) is 0 Å². The average molecular weight is 271 g/mol. The lowest BCUT2D eigenvalue weighted by Crippen LogP contribution is -2.32. The molecule has 0 spiro atoms. The van der Waals surface area contributed by atoms with Gasteiger partial charge < -0.3 is 15.4 Å². The van der Waals surface area contributed by atoms with Crippen LogP contribution in [-0.4, -0.2) is 35.9 Å². The summed E-state index contributed by atoms with van der Waals surface area (Å²) in [7, 11) is -2.87. The van der Waals surface area contributed by atoms with Gasteiger partial charge in [0.25, 0.3) is 0 Å². The summed E-state index contributed by atoms with van der Waals surface area (Å²) in [4.78, 5) is 13.6. The van der Waals surface area contributed by atoms with Crippen molar-refractivity contribution in [2.24, 2.45) is 0 Å². The molecule has 0 amide bonds. The third-order valence-corrected chi connectivity index (χ3v) is 4.58. The topological polar surface area (TPSA) is 102 Å². The molecule has 98 valence electrons. The van der Waals surface area contributed by atoms with Gasteiger partial charge >= 0.3 is 5.82 Å². The monoisotopic (exact) mass is 271 g/mol. The first-order valence-corrected chi connectivity index (χ1v) is 7.36. The van der Waals surface area contributed by atoms with Gasteiger partial charge in [0.05, 0.1) is 17.2 Å². The lowest BCUT2D eigenvalue weighted by molar-refractivity contribution is -0.389. The van der Waals surface area contributed by atoms with Crippen LogP contribution in [0.4, 0.5) is 11.5 Å². The van der Waals surface area contributed by atoms with Gasteiger partial charge in [-0.25, -0.2) is 8.42 Å². The fourth-order valence-corrected chi connectivity index (χ4v) is 3.34. The van der Waals surface area contributed by atoms with E-state index in [0.717, 1.165) is 0 Å². The molecular weight excluding hydrogens is 258 g/mol. The maximum Gasteiger partial charge on any atom is 0.363 e. The molecule has 2 rings (SSSR count). The molecule has 7 nitrogen and oxygen atoms in total. The molecule has 0 aromatic carbocycles. The second-order valence-electron chi connectivity index (χ2n) is 4.23. The van der Waals surface area contributed by atoms with Crippen LogP contribution in [0.15, 0.2) is 18.3 Å². The molecule has 1 aromatic heterocycles. The molecule has 0 bridgehead atoms. The van der Waals surface area contributed by atoms with Gasteiger partial charge in [0.1, 0.15) is 9.84 Å². The van der Waals surface area contributed by atoms with Crippen molar-refractivity contribution in [2.45, 2.75) is 18.9 Å². The number of hydrogen-bond acceptors (Lipinski definition) is 6. The second-order valence-corrected chi connectivity index (χ2v) is 6.54. The summed E-state index contributed by atoms with van der Waals surface area (Å²) in [6, 6.07) is 2.98. The predicted octanol–water partition coefficient (Wildman–Crippen LogP) is 0.979. The van der Waals surface area contributed by atoms with Gasteiger partial charge in [0.2, 0.25) is 0 Å². The lowest BCUT2D eigenvalue weighted by atomic mass is 10.1. The predicted molar refractivity (Wildman–Crippen MR) is 66.2 cm³/mol. The van der Waals surface area contributed by atoms with Crippen LogP contribution < -0.4 is 5.32 Å². The second kappa shape index (κ2) is 4.89. The van der Waals surface area contributed by atoms with E-state index in [1.807, 2.05) is 0 Å². The number of anilines is 1. The van der Waals surface area contributed by atoms with Crippen LogP contribution in [0.3, 0.4) is 0 Å². The van der Waals surface area contributed by atoms with Crippen molar-refractivity contribution in [3.05, 3.63) is 28.4 Å². The number of rotatable bonds is 3. The summed E-state index contributed by atoms with van der Waals surface area (Å²) < 4.78 is 22.5. The number of aromatic nitrogens is 1. The minimum atomic E-state index is -2.87. The Labute approximate surface area is 104 Å². The third kappa shape index (κ3) is 3.16. The molecule has 1 fully saturated rings. The zero-order valence-electron chi connectivity index (χ0n) is 9.57. The molecule has 1 aromatic rings. The van der Waals surface area contributed by atoms with Crippen molar-refractivity contribution in [2.75, 3.05) is 16.8 Å². The molecule has 1 aliphatic rings. The molecule has 1 saturated heterocycles. The Bertz CT molecular complexity index is 527. The van der Waals surface area contributed by atoms with Crippen molar-refractivity contribution in [3.8, 4) is 0 Å². The highest BCUT2D eigenvalue weighted by Crippen LogP contribution is 2.18. The summed E-state index contributed by atoms with van der Waals surface area (Å²) in [6.07, 6.45) is 2.50. The van der Waals surface area contributed by atoms with Crippen molar-refractivity contribution in [1.82, 2.24) is 4.98 Å². The fraction of sp³-hybridized carbons (Fsp3) is 0.500. The van der Waals surface area contributed by atoms with E-state index in [4.69, 9.17) is 0 Å². The lowest BCUT2D eigenvalue weighted by Gasteiger charge is -2.23. The Balaban J connectivity index is 1.96. The first-order chi connectivity index (χ1) is 8.46. The van der Waals surface area contributed by atoms with Crippen LogP contribution in [0, 0.1) is 10.1 Å². The van der Waals surface area contributed by atoms with Crippen molar-refractivity contribution in [1.29, 1.82) is 0 Å². The maximum atomic E-state index is 11.3. The van der Waals surface area contributed by atoms with E-state index < -0.39 is 14.8 Å². The van der Waals surface area contributed by atoms with Gasteiger partial charge in [0.15, 0.2) is 6.20 Å². The van der Waals surface area contributed by atoms with E-state index >= 15 is 0 Å². The Morgan fingerprint density at radius 3 is 2.50 bits per heavy atom. The van der Waals surface area contributed by atoms with Crippen LogP contribution >= 0.6 is 0 Å². The molecule has 1 aliphatic heterocycles. The highest BCUT2D eigenvalue weighted by molar-refractivity contribution is 7.91. The van der Waals surface area contributed by atoms with Gasteiger partial charge in [-0.05, 0) is 28.8 Å². The number of pyridine rings is 1. The standard InChI is InChI=1S/C10H13N3O4S/c14-13(15)10-2-1-9(7-11-10)12-8-3-5-18(16,17)6-4-8/h1-2,7-8,12H,3-6H2. The molecule has 8 heteroatoms. The fourth-order valence-electron chi connectivity index (χ4n) is 1.85. The molecule has 18 heavy (non-hydrogen) atoms. The molecule has 0 atom stereocenters. The Morgan fingerprint density at radius 1 is 1.33 bits per heavy atom. The van der Waals surface area contributed by atoms with E-state index in [1.165, 1.54) is 12.3 Å².